The second kappa shape index (κ2) is 7.08. The minimum Gasteiger partial charge on any atom is -0.312 e. The van der Waals surface area contributed by atoms with E-state index in [4.69, 9.17) is 0 Å². The standard InChI is InChI=1S/C15H18FNS2/c1-11(2)9-17-10-12-5-6-14(13(16)8-12)19-15-4-3-7-18-15/h3-8,11,17H,9-10H2,1-2H3. The lowest BCUT2D eigenvalue weighted by Gasteiger charge is -2.08. The van der Waals surface area contributed by atoms with E-state index in [1.807, 2.05) is 29.6 Å². The summed E-state index contributed by atoms with van der Waals surface area (Å²) in [6.45, 7) is 6.00. The van der Waals surface area contributed by atoms with Crippen LogP contribution in [0.5, 0.6) is 0 Å². The first-order chi connectivity index (χ1) is 9.15. The Bertz CT molecular complexity index is 509. The van der Waals surface area contributed by atoms with Crippen molar-refractivity contribution in [2.24, 2.45) is 5.92 Å². The lowest BCUT2D eigenvalue weighted by Crippen LogP contribution is -2.18. The van der Waals surface area contributed by atoms with Gasteiger partial charge >= 0.3 is 0 Å². The summed E-state index contributed by atoms with van der Waals surface area (Å²) in [5.74, 6) is 0.473. The van der Waals surface area contributed by atoms with Gasteiger partial charge in [-0.15, -0.1) is 11.3 Å². The first-order valence-electron chi connectivity index (χ1n) is 6.35. The molecule has 102 valence electrons. The number of benzene rings is 1. The average molecular weight is 295 g/mol. The number of thiophene rings is 1. The highest BCUT2D eigenvalue weighted by Gasteiger charge is 2.06. The highest BCUT2D eigenvalue weighted by molar-refractivity contribution is 8.01. The lowest BCUT2D eigenvalue weighted by atomic mass is 10.2. The smallest absolute Gasteiger partial charge is 0.137 e. The maximum absolute atomic E-state index is 14.0. The molecular weight excluding hydrogens is 277 g/mol. The minimum atomic E-state index is -0.137. The second-order valence-corrected chi connectivity index (χ2v) is 7.11. The van der Waals surface area contributed by atoms with E-state index in [1.54, 1.807) is 17.4 Å². The van der Waals surface area contributed by atoms with Gasteiger partial charge in [-0.2, -0.15) is 0 Å². The van der Waals surface area contributed by atoms with Crippen LogP contribution in [0, 0.1) is 11.7 Å². The topological polar surface area (TPSA) is 12.0 Å². The zero-order valence-electron chi connectivity index (χ0n) is 11.2. The zero-order valence-corrected chi connectivity index (χ0v) is 12.8. The van der Waals surface area contributed by atoms with Crippen LogP contribution in [0.25, 0.3) is 0 Å². The van der Waals surface area contributed by atoms with Gasteiger partial charge in [-0.05, 0) is 41.6 Å². The van der Waals surface area contributed by atoms with Gasteiger partial charge in [0.15, 0.2) is 0 Å². The van der Waals surface area contributed by atoms with E-state index in [0.29, 0.717) is 10.8 Å². The third kappa shape index (κ3) is 4.64. The van der Waals surface area contributed by atoms with Crippen LogP contribution in [-0.2, 0) is 6.54 Å². The molecule has 0 saturated heterocycles. The molecule has 1 heterocycles. The van der Waals surface area contributed by atoms with E-state index in [9.17, 15) is 4.39 Å². The molecule has 0 spiro atoms. The Morgan fingerprint density at radius 3 is 2.79 bits per heavy atom. The van der Waals surface area contributed by atoms with E-state index in [2.05, 4.69) is 19.2 Å². The fourth-order valence-corrected chi connectivity index (χ4v) is 3.40. The van der Waals surface area contributed by atoms with Crippen LogP contribution in [0.2, 0.25) is 0 Å². The van der Waals surface area contributed by atoms with Crippen molar-refractivity contribution in [3.05, 3.63) is 47.1 Å². The van der Waals surface area contributed by atoms with Crippen LogP contribution >= 0.6 is 23.1 Å². The maximum Gasteiger partial charge on any atom is 0.137 e. The molecule has 0 atom stereocenters. The molecule has 2 rings (SSSR count). The fourth-order valence-electron chi connectivity index (χ4n) is 1.67. The Morgan fingerprint density at radius 1 is 1.32 bits per heavy atom. The van der Waals surface area contributed by atoms with Crippen molar-refractivity contribution in [1.29, 1.82) is 0 Å². The molecule has 0 bridgehead atoms. The Labute approximate surface area is 122 Å². The van der Waals surface area contributed by atoms with Gasteiger partial charge in [0, 0.05) is 11.4 Å². The highest BCUT2D eigenvalue weighted by atomic mass is 32.2. The molecule has 0 aliphatic heterocycles. The van der Waals surface area contributed by atoms with Crippen molar-refractivity contribution in [2.45, 2.75) is 29.5 Å². The van der Waals surface area contributed by atoms with Crippen molar-refractivity contribution < 1.29 is 4.39 Å². The molecule has 0 unspecified atom stereocenters. The van der Waals surface area contributed by atoms with Gasteiger partial charge in [0.1, 0.15) is 5.82 Å². The quantitative estimate of drug-likeness (QED) is 0.822. The van der Waals surface area contributed by atoms with Crippen molar-refractivity contribution in [2.75, 3.05) is 6.54 Å². The highest BCUT2D eigenvalue weighted by Crippen LogP contribution is 2.33. The number of hydrogen-bond acceptors (Lipinski definition) is 3. The summed E-state index contributed by atoms with van der Waals surface area (Å²) < 4.78 is 15.1. The van der Waals surface area contributed by atoms with Gasteiger partial charge in [-0.1, -0.05) is 37.7 Å². The summed E-state index contributed by atoms with van der Waals surface area (Å²) in [4.78, 5) is 0.690. The van der Waals surface area contributed by atoms with Crippen molar-refractivity contribution in [1.82, 2.24) is 5.32 Å². The molecule has 19 heavy (non-hydrogen) atoms. The summed E-state index contributed by atoms with van der Waals surface area (Å²) in [6.07, 6.45) is 0. The molecular formula is C15H18FNS2. The molecule has 1 aromatic heterocycles. The van der Waals surface area contributed by atoms with Gasteiger partial charge in [0.25, 0.3) is 0 Å². The van der Waals surface area contributed by atoms with Gasteiger partial charge < -0.3 is 5.32 Å². The summed E-state index contributed by atoms with van der Waals surface area (Å²) in [5, 5.41) is 5.33. The van der Waals surface area contributed by atoms with Crippen molar-refractivity contribution >= 4 is 23.1 Å². The normalized spacial score (nSPS) is 11.2. The SMILES string of the molecule is CC(C)CNCc1ccc(Sc2cccs2)c(F)c1. The average Bonchev–Trinajstić information content (AvgIpc) is 2.85. The van der Waals surface area contributed by atoms with Crippen LogP contribution < -0.4 is 5.32 Å². The third-order valence-electron chi connectivity index (χ3n) is 2.58. The van der Waals surface area contributed by atoms with Crippen molar-refractivity contribution in [3.63, 3.8) is 0 Å². The predicted octanol–water partition coefficient (Wildman–Crippen LogP) is 4.78. The fraction of sp³-hybridized carbons (Fsp3) is 0.333. The monoisotopic (exact) mass is 295 g/mol. The molecule has 0 aliphatic rings. The Balaban J connectivity index is 1.97. The van der Waals surface area contributed by atoms with Gasteiger partial charge in [0.05, 0.1) is 4.21 Å². The number of halogens is 1. The molecule has 1 aromatic carbocycles. The largest absolute Gasteiger partial charge is 0.312 e. The number of hydrogen-bond donors (Lipinski definition) is 1. The molecule has 0 radical (unpaired) electrons. The van der Waals surface area contributed by atoms with Crippen LogP contribution in [0.15, 0.2) is 44.8 Å². The van der Waals surface area contributed by atoms with Crippen LogP contribution in [0.1, 0.15) is 19.4 Å². The maximum atomic E-state index is 14.0. The van der Waals surface area contributed by atoms with Crippen LogP contribution in [-0.4, -0.2) is 6.54 Å². The van der Waals surface area contributed by atoms with Crippen molar-refractivity contribution in [3.8, 4) is 0 Å². The molecule has 0 aliphatic carbocycles. The summed E-state index contributed by atoms with van der Waals surface area (Å²) >= 11 is 3.11. The minimum absolute atomic E-state index is 0.137. The van der Waals surface area contributed by atoms with Gasteiger partial charge in [-0.25, -0.2) is 4.39 Å². The molecule has 0 saturated carbocycles. The Morgan fingerprint density at radius 2 is 2.16 bits per heavy atom. The first-order valence-corrected chi connectivity index (χ1v) is 8.05. The molecule has 1 nitrogen and oxygen atoms in total. The Kier molecular flexibility index (Phi) is 5.43. The summed E-state index contributed by atoms with van der Waals surface area (Å²) in [5.41, 5.74) is 0.994. The van der Waals surface area contributed by atoms with Gasteiger partial charge in [-0.3, -0.25) is 0 Å². The van der Waals surface area contributed by atoms with E-state index < -0.39 is 0 Å². The summed E-state index contributed by atoms with van der Waals surface area (Å²) in [6, 6.07) is 9.48. The number of nitrogens with one attached hydrogen (secondary N) is 1. The van der Waals surface area contributed by atoms with E-state index in [0.717, 1.165) is 22.9 Å². The molecule has 0 amide bonds. The van der Waals surface area contributed by atoms with Crippen LogP contribution in [0.3, 0.4) is 0 Å². The number of rotatable bonds is 6. The van der Waals surface area contributed by atoms with E-state index in [1.165, 1.54) is 11.8 Å². The van der Waals surface area contributed by atoms with Crippen LogP contribution in [0.4, 0.5) is 4.39 Å². The van der Waals surface area contributed by atoms with Gasteiger partial charge in [0.2, 0.25) is 0 Å². The van der Waals surface area contributed by atoms with E-state index >= 15 is 0 Å². The zero-order chi connectivity index (χ0) is 13.7. The summed E-state index contributed by atoms with van der Waals surface area (Å²) in [7, 11) is 0. The molecule has 1 N–H and O–H groups in total. The predicted molar refractivity (Wildman–Crippen MR) is 81.4 cm³/mol. The third-order valence-corrected chi connectivity index (χ3v) is 4.67. The lowest BCUT2D eigenvalue weighted by molar-refractivity contribution is 0.548. The van der Waals surface area contributed by atoms with E-state index in [-0.39, 0.29) is 5.82 Å². The first kappa shape index (κ1) is 14.6. The molecule has 0 fully saturated rings. The molecule has 4 heteroatoms. The molecule has 2 aromatic rings. The Hall–Kier alpha value is -0.840. The second-order valence-electron chi connectivity index (χ2n) is 4.82.